The topological polar surface area (TPSA) is 50.4 Å². The van der Waals surface area contributed by atoms with Crippen molar-refractivity contribution in [2.45, 2.75) is 25.7 Å². The van der Waals surface area contributed by atoms with Gasteiger partial charge in [-0.05, 0) is 56.0 Å². The zero-order valence-corrected chi connectivity index (χ0v) is 12.5. The normalized spacial score (nSPS) is 17.7. The van der Waals surface area contributed by atoms with Gasteiger partial charge in [-0.2, -0.15) is 0 Å². The monoisotopic (exact) mass is 294 g/mol. The summed E-state index contributed by atoms with van der Waals surface area (Å²) in [6, 6.07) is 4.81. The van der Waals surface area contributed by atoms with Gasteiger partial charge in [-0.25, -0.2) is 4.39 Å². The van der Waals surface area contributed by atoms with Crippen LogP contribution in [0.1, 0.15) is 24.8 Å². The van der Waals surface area contributed by atoms with Gasteiger partial charge in [0, 0.05) is 13.0 Å². The molecule has 0 radical (unpaired) electrons. The molecule has 1 aliphatic rings. The standard InChI is InChI=1S/C16H23FN2O2/c1-21-15-4-2-12(10-14(15)17)3-5-16(20)19-9-7-13-6-8-18-11-13/h2,4,10,13,18H,3,5-9,11H2,1H3,(H,19,20). The van der Waals surface area contributed by atoms with E-state index in [-0.39, 0.29) is 17.5 Å². The number of carbonyl (C=O) groups excluding carboxylic acids is 1. The number of benzene rings is 1. The third kappa shape index (κ3) is 5.01. The van der Waals surface area contributed by atoms with Crippen molar-refractivity contribution in [3.8, 4) is 5.75 Å². The fourth-order valence-corrected chi connectivity index (χ4v) is 2.59. The fourth-order valence-electron chi connectivity index (χ4n) is 2.59. The fraction of sp³-hybridized carbons (Fsp3) is 0.562. The van der Waals surface area contributed by atoms with Gasteiger partial charge in [-0.3, -0.25) is 4.79 Å². The van der Waals surface area contributed by atoms with Crippen LogP contribution >= 0.6 is 0 Å². The molecule has 1 aromatic carbocycles. The summed E-state index contributed by atoms with van der Waals surface area (Å²) in [5, 5.41) is 6.25. The molecule has 116 valence electrons. The summed E-state index contributed by atoms with van der Waals surface area (Å²) >= 11 is 0. The van der Waals surface area contributed by atoms with Crippen molar-refractivity contribution in [3.63, 3.8) is 0 Å². The number of amides is 1. The Morgan fingerprint density at radius 2 is 2.38 bits per heavy atom. The summed E-state index contributed by atoms with van der Waals surface area (Å²) in [4.78, 5) is 11.8. The molecule has 5 heteroatoms. The zero-order valence-electron chi connectivity index (χ0n) is 12.5. The van der Waals surface area contributed by atoms with Gasteiger partial charge in [0.05, 0.1) is 7.11 Å². The van der Waals surface area contributed by atoms with E-state index in [2.05, 4.69) is 10.6 Å². The summed E-state index contributed by atoms with van der Waals surface area (Å²) in [5.74, 6) is 0.552. The molecule has 0 aliphatic carbocycles. The summed E-state index contributed by atoms with van der Waals surface area (Å²) in [6.45, 7) is 2.87. The first-order valence-corrected chi connectivity index (χ1v) is 7.49. The number of carbonyl (C=O) groups is 1. The number of aryl methyl sites for hydroxylation is 1. The van der Waals surface area contributed by atoms with Crippen LogP contribution in [0, 0.1) is 11.7 Å². The maximum atomic E-state index is 13.5. The smallest absolute Gasteiger partial charge is 0.220 e. The van der Waals surface area contributed by atoms with Crippen LogP contribution in [0.15, 0.2) is 18.2 Å². The number of hydrogen-bond acceptors (Lipinski definition) is 3. The minimum Gasteiger partial charge on any atom is -0.494 e. The maximum Gasteiger partial charge on any atom is 0.220 e. The average Bonchev–Trinajstić information content (AvgIpc) is 2.98. The molecule has 4 nitrogen and oxygen atoms in total. The molecule has 1 aliphatic heterocycles. The van der Waals surface area contributed by atoms with Crippen LogP contribution in [0.2, 0.25) is 0 Å². The molecular formula is C16H23FN2O2. The third-order valence-electron chi connectivity index (χ3n) is 3.89. The molecule has 0 aromatic heterocycles. The van der Waals surface area contributed by atoms with E-state index in [1.165, 1.54) is 19.6 Å². The molecule has 1 atom stereocenters. The van der Waals surface area contributed by atoms with Gasteiger partial charge in [-0.1, -0.05) is 6.07 Å². The Hall–Kier alpha value is -1.62. The molecule has 2 rings (SSSR count). The molecule has 1 fully saturated rings. The zero-order chi connectivity index (χ0) is 15.1. The van der Waals surface area contributed by atoms with Gasteiger partial charge >= 0.3 is 0 Å². The number of ether oxygens (including phenoxy) is 1. The Bertz CT molecular complexity index is 473. The van der Waals surface area contributed by atoms with E-state index in [0.29, 0.717) is 18.8 Å². The molecular weight excluding hydrogens is 271 g/mol. The molecule has 0 saturated carbocycles. The number of nitrogens with one attached hydrogen (secondary N) is 2. The SMILES string of the molecule is COc1ccc(CCC(=O)NCCC2CCNC2)cc1F. The van der Waals surface area contributed by atoms with Crippen LogP contribution in [-0.2, 0) is 11.2 Å². The van der Waals surface area contributed by atoms with Crippen molar-refractivity contribution in [2.24, 2.45) is 5.92 Å². The number of methoxy groups -OCH3 is 1. The third-order valence-corrected chi connectivity index (χ3v) is 3.89. The van der Waals surface area contributed by atoms with E-state index >= 15 is 0 Å². The van der Waals surface area contributed by atoms with E-state index < -0.39 is 0 Å². The Labute approximate surface area is 125 Å². The first-order chi connectivity index (χ1) is 10.2. The Morgan fingerprint density at radius 1 is 1.52 bits per heavy atom. The van der Waals surface area contributed by atoms with Gasteiger partial charge in [0.2, 0.25) is 5.91 Å². The molecule has 1 unspecified atom stereocenters. The Balaban J connectivity index is 1.67. The van der Waals surface area contributed by atoms with Crippen LogP contribution in [0.4, 0.5) is 4.39 Å². The molecule has 0 spiro atoms. The lowest BCUT2D eigenvalue weighted by Crippen LogP contribution is -2.26. The Kier molecular flexibility index (Phi) is 5.99. The average molecular weight is 294 g/mol. The van der Waals surface area contributed by atoms with Crippen molar-refractivity contribution in [2.75, 3.05) is 26.7 Å². The summed E-state index contributed by atoms with van der Waals surface area (Å²) in [5.41, 5.74) is 0.809. The van der Waals surface area contributed by atoms with E-state index in [0.717, 1.165) is 31.6 Å². The minimum absolute atomic E-state index is 0.0252. The second-order valence-electron chi connectivity index (χ2n) is 5.47. The molecule has 1 aromatic rings. The second kappa shape index (κ2) is 7.98. The van der Waals surface area contributed by atoms with Crippen LogP contribution in [0.5, 0.6) is 5.75 Å². The first kappa shape index (κ1) is 15.8. The maximum absolute atomic E-state index is 13.5. The van der Waals surface area contributed by atoms with Crippen molar-refractivity contribution in [1.82, 2.24) is 10.6 Å². The minimum atomic E-state index is -0.385. The van der Waals surface area contributed by atoms with E-state index in [9.17, 15) is 9.18 Å². The highest BCUT2D eigenvalue weighted by Crippen LogP contribution is 2.18. The summed E-state index contributed by atoms with van der Waals surface area (Å²) in [7, 11) is 1.44. The van der Waals surface area contributed by atoms with E-state index in [4.69, 9.17) is 4.74 Å². The number of rotatable bonds is 7. The predicted molar refractivity (Wildman–Crippen MR) is 79.9 cm³/mol. The predicted octanol–water partition coefficient (Wildman–Crippen LogP) is 1.88. The summed E-state index contributed by atoms with van der Waals surface area (Å²) in [6.07, 6.45) is 3.14. The quantitative estimate of drug-likeness (QED) is 0.807. The van der Waals surface area contributed by atoms with Gasteiger partial charge in [-0.15, -0.1) is 0 Å². The molecule has 1 saturated heterocycles. The van der Waals surface area contributed by atoms with Gasteiger partial charge < -0.3 is 15.4 Å². The van der Waals surface area contributed by atoms with Crippen molar-refractivity contribution < 1.29 is 13.9 Å². The van der Waals surface area contributed by atoms with E-state index in [1.54, 1.807) is 12.1 Å². The largest absolute Gasteiger partial charge is 0.494 e. The molecule has 21 heavy (non-hydrogen) atoms. The highest BCUT2D eigenvalue weighted by molar-refractivity contribution is 5.76. The van der Waals surface area contributed by atoms with Crippen LogP contribution < -0.4 is 15.4 Å². The Morgan fingerprint density at radius 3 is 3.05 bits per heavy atom. The molecule has 0 bridgehead atoms. The second-order valence-corrected chi connectivity index (χ2v) is 5.47. The van der Waals surface area contributed by atoms with Gasteiger partial charge in [0.25, 0.3) is 0 Å². The van der Waals surface area contributed by atoms with E-state index in [1.807, 2.05) is 0 Å². The lowest BCUT2D eigenvalue weighted by molar-refractivity contribution is -0.121. The lowest BCUT2D eigenvalue weighted by Gasteiger charge is -2.09. The number of halogens is 1. The van der Waals surface area contributed by atoms with Crippen LogP contribution in [-0.4, -0.2) is 32.7 Å². The van der Waals surface area contributed by atoms with Crippen molar-refractivity contribution >= 4 is 5.91 Å². The summed E-state index contributed by atoms with van der Waals surface area (Å²) < 4.78 is 18.4. The van der Waals surface area contributed by atoms with Gasteiger partial charge in [0.15, 0.2) is 11.6 Å². The lowest BCUT2D eigenvalue weighted by atomic mass is 10.1. The van der Waals surface area contributed by atoms with Crippen molar-refractivity contribution in [3.05, 3.63) is 29.6 Å². The van der Waals surface area contributed by atoms with Crippen LogP contribution in [0.25, 0.3) is 0 Å². The first-order valence-electron chi connectivity index (χ1n) is 7.49. The van der Waals surface area contributed by atoms with Crippen LogP contribution in [0.3, 0.4) is 0 Å². The van der Waals surface area contributed by atoms with Crippen molar-refractivity contribution in [1.29, 1.82) is 0 Å². The van der Waals surface area contributed by atoms with Gasteiger partial charge in [0.1, 0.15) is 0 Å². The molecule has 1 amide bonds. The highest BCUT2D eigenvalue weighted by Gasteiger charge is 2.14. The highest BCUT2D eigenvalue weighted by atomic mass is 19.1. The molecule has 2 N–H and O–H groups in total. The molecule has 1 heterocycles. The number of hydrogen-bond donors (Lipinski definition) is 2.